The molecule has 0 spiro atoms. The molecule has 2 rings (SSSR count). The summed E-state index contributed by atoms with van der Waals surface area (Å²) in [5, 5.41) is 0. The van der Waals surface area contributed by atoms with Crippen molar-refractivity contribution in [2.45, 2.75) is 52.2 Å². The predicted molar refractivity (Wildman–Crippen MR) is 72.7 cm³/mol. The van der Waals surface area contributed by atoms with Gasteiger partial charge in [-0.05, 0) is 31.1 Å². The van der Waals surface area contributed by atoms with E-state index in [0.29, 0.717) is 24.2 Å². The normalized spacial score (nSPS) is 19.3. The lowest BCUT2D eigenvalue weighted by Gasteiger charge is -2.33. The van der Waals surface area contributed by atoms with Gasteiger partial charge in [-0.1, -0.05) is 13.8 Å². The van der Waals surface area contributed by atoms with Crippen LogP contribution in [0.2, 0.25) is 0 Å². The van der Waals surface area contributed by atoms with E-state index in [1.165, 1.54) is 0 Å². The van der Waals surface area contributed by atoms with Crippen LogP contribution in [0.25, 0.3) is 0 Å². The van der Waals surface area contributed by atoms with E-state index in [1.54, 1.807) is 17.1 Å². The van der Waals surface area contributed by atoms with Crippen molar-refractivity contribution in [3.63, 3.8) is 0 Å². The van der Waals surface area contributed by atoms with Crippen molar-refractivity contribution in [2.75, 3.05) is 6.54 Å². The van der Waals surface area contributed by atoms with Crippen molar-refractivity contribution < 1.29 is 9.53 Å². The van der Waals surface area contributed by atoms with Crippen LogP contribution in [0.5, 0.6) is 0 Å². The number of ether oxygens (including phenoxy) is 1. The number of imidazole rings is 1. The van der Waals surface area contributed by atoms with E-state index in [1.807, 2.05) is 0 Å². The van der Waals surface area contributed by atoms with Gasteiger partial charge in [-0.3, -0.25) is 0 Å². The summed E-state index contributed by atoms with van der Waals surface area (Å²) in [5.74, 6) is -0.319. The number of esters is 1. The Kier molecular flexibility index (Phi) is 4.24. The molecule has 1 aliphatic carbocycles. The van der Waals surface area contributed by atoms with Crippen LogP contribution < -0.4 is 5.73 Å². The van der Waals surface area contributed by atoms with Crippen molar-refractivity contribution in [2.24, 2.45) is 11.1 Å². The minimum absolute atomic E-state index is 0.0418. The number of aromatic nitrogens is 2. The van der Waals surface area contributed by atoms with Gasteiger partial charge < -0.3 is 15.0 Å². The Morgan fingerprint density at radius 1 is 1.53 bits per heavy atom. The number of carbonyl (C=O) groups is 1. The fourth-order valence-electron chi connectivity index (χ4n) is 2.44. The van der Waals surface area contributed by atoms with Gasteiger partial charge in [0, 0.05) is 19.3 Å². The molecule has 1 heterocycles. The molecule has 1 aromatic heterocycles. The molecule has 1 saturated carbocycles. The molecule has 106 valence electrons. The highest BCUT2D eigenvalue weighted by Gasteiger charge is 2.29. The van der Waals surface area contributed by atoms with Crippen molar-refractivity contribution in [1.82, 2.24) is 9.55 Å². The van der Waals surface area contributed by atoms with Gasteiger partial charge in [0.2, 0.25) is 0 Å². The lowest BCUT2D eigenvalue weighted by molar-refractivity contribution is 0.00895. The molecular formula is C14H23N3O2. The van der Waals surface area contributed by atoms with Gasteiger partial charge in [0.05, 0.1) is 6.33 Å². The van der Waals surface area contributed by atoms with E-state index in [-0.39, 0.29) is 12.1 Å². The summed E-state index contributed by atoms with van der Waals surface area (Å²) in [6, 6.07) is 0. The second-order valence-corrected chi connectivity index (χ2v) is 6.05. The largest absolute Gasteiger partial charge is 0.458 e. The van der Waals surface area contributed by atoms with Crippen molar-refractivity contribution in [3.8, 4) is 0 Å². The third kappa shape index (κ3) is 3.80. The Labute approximate surface area is 114 Å². The third-order valence-electron chi connectivity index (χ3n) is 3.79. The lowest BCUT2D eigenvalue weighted by atomic mass is 9.76. The highest BCUT2D eigenvalue weighted by Crippen LogP contribution is 2.36. The summed E-state index contributed by atoms with van der Waals surface area (Å²) in [5.41, 5.74) is 6.21. The third-order valence-corrected chi connectivity index (χ3v) is 3.79. The average molecular weight is 265 g/mol. The van der Waals surface area contributed by atoms with Gasteiger partial charge in [-0.2, -0.15) is 0 Å². The first-order chi connectivity index (χ1) is 9.00. The highest BCUT2D eigenvalue weighted by molar-refractivity contribution is 5.87. The summed E-state index contributed by atoms with van der Waals surface area (Å²) in [6.07, 6.45) is 7.46. The maximum Gasteiger partial charge on any atom is 0.358 e. The SMILES string of the molecule is CC1(C)CCC(OC(=O)c2cn(CCN)cn2)CC1. The second-order valence-electron chi connectivity index (χ2n) is 6.05. The molecule has 0 saturated heterocycles. The molecule has 5 heteroatoms. The molecule has 0 bridgehead atoms. The Morgan fingerprint density at radius 3 is 2.84 bits per heavy atom. The average Bonchev–Trinajstić information content (AvgIpc) is 2.81. The second kappa shape index (κ2) is 5.74. The van der Waals surface area contributed by atoms with E-state index < -0.39 is 0 Å². The van der Waals surface area contributed by atoms with E-state index in [4.69, 9.17) is 10.5 Å². The van der Waals surface area contributed by atoms with Crippen LogP contribution in [0.4, 0.5) is 0 Å². The van der Waals surface area contributed by atoms with Crippen LogP contribution in [0.1, 0.15) is 50.0 Å². The first-order valence-electron chi connectivity index (χ1n) is 6.93. The van der Waals surface area contributed by atoms with Gasteiger partial charge in [-0.15, -0.1) is 0 Å². The fraction of sp³-hybridized carbons (Fsp3) is 0.714. The molecule has 0 atom stereocenters. The van der Waals surface area contributed by atoms with E-state index >= 15 is 0 Å². The predicted octanol–water partition coefficient (Wildman–Crippen LogP) is 1.97. The van der Waals surface area contributed by atoms with Gasteiger partial charge in [0.1, 0.15) is 6.10 Å². The Bertz CT molecular complexity index is 430. The van der Waals surface area contributed by atoms with Crippen LogP contribution in [0.3, 0.4) is 0 Å². The lowest BCUT2D eigenvalue weighted by Crippen LogP contribution is -2.28. The fourth-order valence-corrected chi connectivity index (χ4v) is 2.44. The summed E-state index contributed by atoms with van der Waals surface area (Å²) in [4.78, 5) is 16.0. The zero-order chi connectivity index (χ0) is 13.9. The maximum atomic E-state index is 12.0. The zero-order valence-corrected chi connectivity index (χ0v) is 11.8. The first kappa shape index (κ1) is 14.1. The zero-order valence-electron chi connectivity index (χ0n) is 11.8. The molecule has 1 aromatic rings. The molecule has 2 N–H and O–H groups in total. The molecular weight excluding hydrogens is 242 g/mol. The molecule has 19 heavy (non-hydrogen) atoms. The number of nitrogens with zero attached hydrogens (tertiary/aromatic N) is 2. The summed E-state index contributed by atoms with van der Waals surface area (Å²) in [7, 11) is 0. The van der Waals surface area contributed by atoms with Crippen LogP contribution >= 0.6 is 0 Å². The molecule has 1 aliphatic rings. The molecule has 0 amide bonds. The van der Waals surface area contributed by atoms with Crippen LogP contribution in [-0.4, -0.2) is 28.2 Å². The number of hydrogen-bond acceptors (Lipinski definition) is 4. The molecule has 5 nitrogen and oxygen atoms in total. The minimum atomic E-state index is -0.319. The molecule has 0 aromatic carbocycles. The molecule has 0 aliphatic heterocycles. The van der Waals surface area contributed by atoms with Crippen LogP contribution in [0.15, 0.2) is 12.5 Å². The summed E-state index contributed by atoms with van der Waals surface area (Å²) >= 11 is 0. The number of rotatable bonds is 4. The summed E-state index contributed by atoms with van der Waals surface area (Å²) in [6.45, 7) is 5.72. The molecule has 1 fully saturated rings. The molecule has 0 unspecified atom stereocenters. The van der Waals surface area contributed by atoms with Gasteiger partial charge in [0.15, 0.2) is 5.69 Å². The molecule has 0 radical (unpaired) electrons. The van der Waals surface area contributed by atoms with E-state index in [0.717, 1.165) is 25.7 Å². The van der Waals surface area contributed by atoms with Gasteiger partial charge in [-0.25, -0.2) is 9.78 Å². The Balaban J connectivity index is 1.87. The minimum Gasteiger partial charge on any atom is -0.458 e. The van der Waals surface area contributed by atoms with Crippen molar-refractivity contribution in [3.05, 3.63) is 18.2 Å². The van der Waals surface area contributed by atoms with E-state index in [2.05, 4.69) is 18.8 Å². The number of nitrogens with two attached hydrogens (primary N) is 1. The van der Waals surface area contributed by atoms with Crippen molar-refractivity contribution in [1.29, 1.82) is 0 Å². The van der Waals surface area contributed by atoms with Gasteiger partial charge >= 0.3 is 5.97 Å². The Hall–Kier alpha value is -1.36. The first-order valence-corrected chi connectivity index (χ1v) is 6.93. The van der Waals surface area contributed by atoms with Gasteiger partial charge in [0.25, 0.3) is 0 Å². The highest BCUT2D eigenvalue weighted by atomic mass is 16.5. The summed E-state index contributed by atoms with van der Waals surface area (Å²) < 4.78 is 7.32. The maximum absolute atomic E-state index is 12.0. The number of hydrogen-bond donors (Lipinski definition) is 1. The van der Waals surface area contributed by atoms with E-state index in [9.17, 15) is 4.79 Å². The smallest absolute Gasteiger partial charge is 0.358 e. The van der Waals surface area contributed by atoms with Crippen LogP contribution in [0, 0.1) is 5.41 Å². The Morgan fingerprint density at radius 2 is 2.21 bits per heavy atom. The van der Waals surface area contributed by atoms with Crippen molar-refractivity contribution >= 4 is 5.97 Å². The standard InChI is InChI=1S/C14H23N3O2/c1-14(2)5-3-11(4-6-14)19-13(18)12-9-17(8-7-15)10-16-12/h9-11H,3-8,15H2,1-2H3. The number of carbonyl (C=O) groups excluding carboxylic acids is 1. The monoisotopic (exact) mass is 265 g/mol. The quantitative estimate of drug-likeness (QED) is 0.845. The topological polar surface area (TPSA) is 70.1 Å². The van der Waals surface area contributed by atoms with Crippen LogP contribution in [-0.2, 0) is 11.3 Å².